The van der Waals surface area contributed by atoms with Crippen LogP contribution in [0.25, 0.3) is 0 Å². The van der Waals surface area contributed by atoms with Crippen LogP contribution in [0.15, 0.2) is 24.3 Å². The zero-order valence-electron chi connectivity index (χ0n) is 11.1. The Morgan fingerprint density at radius 1 is 0.812 bits per heavy atom. The molecule has 0 atom stereocenters. The molecule has 0 bridgehead atoms. The lowest BCUT2D eigenvalue weighted by Crippen LogP contribution is -2.59. The van der Waals surface area contributed by atoms with E-state index in [0.29, 0.717) is 0 Å². The van der Waals surface area contributed by atoms with Crippen LogP contribution in [0.3, 0.4) is 0 Å². The van der Waals surface area contributed by atoms with Crippen molar-refractivity contribution in [3.63, 3.8) is 0 Å². The Hall–Kier alpha value is -0.256. The van der Waals surface area contributed by atoms with Crippen molar-refractivity contribution in [3.05, 3.63) is 29.3 Å². The van der Waals surface area contributed by atoms with Crippen LogP contribution < -0.4 is 4.23 Å². The van der Waals surface area contributed by atoms with Crippen molar-refractivity contribution in [2.45, 2.75) is 39.3 Å². The number of anilines is 1. The van der Waals surface area contributed by atoms with E-state index in [1.54, 1.807) is 0 Å². The molecule has 1 nitrogen and oxygen atoms in total. The summed E-state index contributed by atoms with van der Waals surface area (Å²) in [6, 6.07) is 8.28. The quantitative estimate of drug-likeness (QED) is 0.713. The summed E-state index contributed by atoms with van der Waals surface area (Å²) in [6.07, 6.45) is 0. The van der Waals surface area contributed by atoms with Gasteiger partial charge in [-0.15, -0.1) is 0 Å². The minimum absolute atomic E-state index is 0.815. The maximum atomic E-state index is 5.95. The van der Waals surface area contributed by atoms with E-state index in [9.17, 15) is 0 Å². The molecule has 0 aromatic heterocycles. The fourth-order valence-electron chi connectivity index (χ4n) is 2.37. The van der Waals surface area contributed by atoms with Crippen LogP contribution in [0.1, 0.15) is 0 Å². The summed E-state index contributed by atoms with van der Waals surface area (Å²) in [4.78, 5) is 0. The van der Waals surface area contributed by atoms with Gasteiger partial charge in [0.15, 0.2) is 0 Å². The highest BCUT2D eigenvalue weighted by molar-refractivity contribution is 6.99. The molecular formula is C12H22ClNSi2. The minimum atomic E-state index is -1.33. The van der Waals surface area contributed by atoms with Crippen LogP contribution >= 0.6 is 11.6 Å². The Bertz CT molecular complexity index is 335. The summed E-state index contributed by atoms with van der Waals surface area (Å²) in [7, 11) is -2.66. The molecule has 16 heavy (non-hydrogen) atoms. The molecule has 0 spiro atoms. The van der Waals surface area contributed by atoms with E-state index < -0.39 is 16.5 Å². The van der Waals surface area contributed by atoms with Gasteiger partial charge in [0.05, 0.1) is 0 Å². The molecule has 0 fully saturated rings. The minimum Gasteiger partial charge on any atom is -0.425 e. The fraction of sp³-hybridized carbons (Fsp3) is 0.500. The molecule has 0 saturated carbocycles. The number of rotatable bonds is 3. The van der Waals surface area contributed by atoms with E-state index >= 15 is 0 Å². The van der Waals surface area contributed by atoms with Crippen LogP contribution in [0, 0.1) is 0 Å². The van der Waals surface area contributed by atoms with Crippen LogP contribution in [-0.4, -0.2) is 16.5 Å². The lowest BCUT2D eigenvalue weighted by Gasteiger charge is -2.46. The van der Waals surface area contributed by atoms with Crippen LogP contribution in [0.2, 0.25) is 44.3 Å². The molecule has 1 aromatic carbocycles. The molecule has 0 radical (unpaired) electrons. The summed E-state index contributed by atoms with van der Waals surface area (Å²) in [6.45, 7) is 14.4. The number of nitrogens with zero attached hydrogens (tertiary/aromatic N) is 1. The molecule has 4 heteroatoms. The van der Waals surface area contributed by atoms with Crippen molar-refractivity contribution in [1.29, 1.82) is 0 Å². The highest BCUT2D eigenvalue weighted by atomic mass is 35.5. The van der Waals surface area contributed by atoms with Crippen molar-refractivity contribution >= 4 is 33.8 Å². The molecule has 1 rings (SSSR count). The Kier molecular flexibility index (Phi) is 3.93. The van der Waals surface area contributed by atoms with E-state index in [2.05, 4.69) is 55.6 Å². The van der Waals surface area contributed by atoms with Gasteiger partial charge in [-0.25, -0.2) is 0 Å². The summed E-state index contributed by atoms with van der Waals surface area (Å²) >= 11 is 5.95. The van der Waals surface area contributed by atoms with Gasteiger partial charge in [-0.05, 0) is 24.3 Å². The largest absolute Gasteiger partial charge is 0.425 e. The molecule has 0 heterocycles. The van der Waals surface area contributed by atoms with Crippen LogP contribution in [0.4, 0.5) is 5.69 Å². The number of hydrogen-bond donors (Lipinski definition) is 0. The maximum Gasteiger partial charge on any atom is 0.138 e. The molecule has 0 aliphatic heterocycles. The average Bonchev–Trinajstić information content (AvgIpc) is 2.03. The predicted molar refractivity (Wildman–Crippen MR) is 80.6 cm³/mol. The van der Waals surface area contributed by atoms with E-state index in [-0.39, 0.29) is 0 Å². The Morgan fingerprint density at radius 3 is 1.50 bits per heavy atom. The normalized spacial score (nSPS) is 12.7. The Labute approximate surface area is 107 Å². The molecular weight excluding hydrogens is 250 g/mol. The van der Waals surface area contributed by atoms with Gasteiger partial charge in [-0.3, -0.25) is 0 Å². The Morgan fingerprint density at radius 2 is 1.19 bits per heavy atom. The second-order valence-corrected chi connectivity index (χ2v) is 16.6. The predicted octanol–water partition coefficient (Wildman–Crippen LogP) is 4.82. The van der Waals surface area contributed by atoms with Crippen molar-refractivity contribution in [3.8, 4) is 0 Å². The van der Waals surface area contributed by atoms with Gasteiger partial charge < -0.3 is 4.23 Å². The highest BCUT2D eigenvalue weighted by Gasteiger charge is 2.34. The lowest BCUT2D eigenvalue weighted by molar-refractivity contribution is 1.35. The molecule has 0 aliphatic rings. The van der Waals surface area contributed by atoms with Gasteiger partial charge in [0, 0.05) is 10.7 Å². The van der Waals surface area contributed by atoms with Gasteiger partial charge >= 0.3 is 0 Å². The fourth-order valence-corrected chi connectivity index (χ4v) is 12.4. The second-order valence-electron chi connectivity index (χ2n) is 6.15. The van der Waals surface area contributed by atoms with E-state index in [1.165, 1.54) is 5.69 Å². The summed E-state index contributed by atoms with van der Waals surface area (Å²) < 4.78 is 2.69. The first-order valence-electron chi connectivity index (χ1n) is 5.68. The van der Waals surface area contributed by atoms with E-state index in [4.69, 9.17) is 11.6 Å². The first kappa shape index (κ1) is 13.8. The third-order valence-electron chi connectivity index (χ3n) is 2.43. The molecule has 1 aromatic rings. The van der Waals surface area contributed by atoms with Gasteiger partial charge in [0.25, 0.3) is 0 Å². The topological polar surface area (TPSA) is 3.24 Å². The van der Waals surface area contributed by atoms with Crippen molar-refractivity contribution in [1.82, 2.24) is 0 Å². The highest BCUT2D eigenvalue weighted by Crippen LogP contribution is 2.29. The van der Waals surface area contributed by atoms with E-state index in [0.717, 1.165) is 5.02 Å². The van der Waals surface area contributed by atoms with Gasteiger partial charge in [-0.1, -0.05) is 50.9 Å². The van der Waals surface area contributed by atoms with Crippen molar-refractivity contribution in [2.24, 2.45) is 0 Å². The molecule has 0 aliphatic carbocycles. The number of benzene rings is 1. The monoisotopic (exact) mass is 271 g/mol. The van der Waals surface area contributed by atoms with Gasteiger partial charge in [0.1, 0.15) is 16.5 Å². The lowest BCUT2D eigenvalue weighted by atomic mass is 10.3. The third kappa shape index (κ3) is 3.37. The third-order valence-corrected chi connectivity index (χ3v) is 9.90. The molecule has 0 N–H and O–H groups in total. The second kappa shape index (κ2) is 4.55. The van der Waals surface area contributed by atoms with Gasteiger partial charge in [-0.2, -0.15) is 0 Å². The van der Waals surface area contributed by atoms with Crippen LogP contribution in [0.5, 0.6) is 0 Å². The first-order valence-corrected chi connectivity index (χ1v) is 13.0. The summed E-state index contributed by atoms with van der Waals surface area (Å²) in [5.41, 5.74) is 1.34. The summed E-state index contributed by atoms with van der Waals surface area (Å²) in [5.74, 6) is 0. The molecule has 0 amide bonds. The average molecular weight is 272 g/mol. The number of halogens is 1. The number of hydrogen-bond acceptors (Lipinski definition) is 1. The SMILES string of the molecule is C[Si](C)(C)N(c1ccc(Cl)cc1)[Si](C)(C)C. The standard InChI is InChI=1S/C12H22ClNSi2/c1-15(2,3)14(16(4,5)6)12-9-7-11(13)8-10-12/h7-10H,1-6H3. The van der Waals surface area contributed by atoms with Crippen molar-refractivity contribution in [2.75, 3.05) is 4.23 Å². The smallest absolute Gasteiger partial charge is 0.138 e. The Balaban J connectivity index is 3.18. The van der Waals surface area contributed by atoms with Crippen LogP contribution in [-0.2, 0) is 0 Å². The molecule has 0 unspecified atom stereocenters. The zero-order chi connectivity index (χ0) is 12.6. The summed E-state index contributed by atoms with van der Waals surface area (Å²) in [5, 5.41) is 0.815. The molecule has 90 valence electrons. The van der Waals surface area contributed by atoms with Crippen molar-refractivity contribution < 1.29 is 0 Å². The van der Waals surface area contributed by atoms with Gasteiger partial charge in [0.2, 0.25) is 0 Å². The first-order chi connectivity index (χ1) is 7.12. The molecule has 0 saturated heterocycles. The zero-order valence-corrected chi connectivity index (χ0v) is 13.9. The van der Waals surface area contributed by atoms with E-state index in [1.807, 2.05) is 12.1 Å². The maximum absolute atomic E-state index is 5.95.